The van der Waals surface area contributed by atoms with Gasteiger partial charge in [-0.15, -0.1) is 0 Å². The molecule has 6 heteroatoms. The van der Waals surface area contributed by atoms with E-state index in [2.05, 4.69) is 4.72 Å². The summed E-state index contributed by atoms with van der Waals surface area (Å²) in [6.07, 6.45) is 1.96. The molecule has 0 radical (unpaired) electrons. The van der Waals surface area contributed by atoms with Crippen molar-refractivity contribution in [1.82, 2.24) is 14.2 Å². The van der Waals surface area contributed by atoms with E-state index in [1.54, 1.807) is 6.07 Å². The minimum absolute atomic E-state index is 0.0319. The first-order chi connectivity index (χ1) is 10.7. The SMILES string of the molecule is Cc1ccc(S(=O)(=O)NC[C@H](c2cccn2C)N(C)C)c(C)c1. The van der Waals surface area contributed by atoms with Crippen LogP contribution in [0, 0.1) is 13.8 Å². The second-order valence-electron chi connectivity index (χ2n) is 6.14. The van der Waals surface area contributed by atoms with E-state index < -0.39 is 10.0 Å². The molecule has 0 aliphatic rings. The van der Waals surface area contributed by atoms with E-state index >= 15 is 0 Å². The van der Waals surface area contributed by atoms with Crippen molar-refractivity contribution in [2.24, 2.45) is 7.05 Å². The zero-order chi connectivity index (χ0) is 17.2. The largest absolute Gasteiger partial charge is 0.353 e. The Morgan fingerprint density at radius 2 is 1.91 bits per heavy atom. The standard InChI is InChI=1S/C17H25N3O2S/c1-13-8-9-17(14(2)11-13)23(21,22)18-12-16(19(3)4)15-7-6-10-20(15)5/h6-11,16,18H,12H2,1-5H3/t16-/m1/s1. The molecule has 1 atom stereocenters. The number of likely N-dealkylation sites (N-methyl/N-ethyl adjacent to an activating group) is 1. The zero-order valence-electron chi connectivity index (χ0n) is 14.4. The van der Waals surface area contributed by atoms with Crippen LogP contribution in [0.25, 0.3) is 0 Å². The molecule has 1 heterocycles. The van der Waals surface area contributed by atoms with E-state index in [1.165, 1.54) is 0 Å². The Balaban J connectivity index is 2.21. The van der Waals surface area contributed by atoms with Crippen molar-refractivity contribution in [1.29, 1.82) is 0 Å². The molecule has 0 amide bonds. The Morgan fingerprint density at radius 1 is 1.22 bits per heavy atom. The third kappa shape index (κ3) is 4.02. The molecule has 0 unspecified atom stereocenters. The monoisotopic (exact) mass is 335 g/mol. The molecule has 0 spiro atoms. The molecule has 0 fully saturated rings. The van der Waals surface area contributed by atoms with Crippen molar-refractivity contribution < 1.29 is 8.42 Å². The van der Waals surface area contributed by atoms with E-state index in [0.29, 0.717) is 11.4 Å². The van der Waals surface area contributed by atoms with Crippen LogP contribution in [0.1, 0.15) is 22.9 Å². The molecule has 1 aromatic carbocycles. The van der Waals surface area contributed by atoms with Crippen LogP contribution in [0.3, 0.4) is 0 Å². The van der Waals surface area contributed by atoms with Crippen LogP contribution >= 0.6 is 0 Å². The first-order valence-corrected chi connectivity index (χ1v) is 9.05. The summed E-state index contributed by atoms with van der Waals surface area (Å²) < 4.78 is 30.0. The van der Waals surface area contributed by atoms with Crippen molar-refractivity contribution in [3.05, 3.63) is 53.3 Å². The fourth-order valence-electron chi connectivity index (χ4n) is 2.74. The van der Waals surface area contributed by atoms with Gasteiger partial charge in [-0.05, 0) is 51.7 Å². The quantitative estimate of drug-likeness (QED) is 0.881. The molecular formula is C17H25N3O2S. The van der Waals surface area contributed by atoms with Crippen LogP contribution < -0.4 is 4.72 Å². The number of benzene rings is 1. The van der Waals surface area contributed by atoms with Gasteiger partial charge in [0, 0.05) is 25.5 Å². The predicted octanol–water partition coefficient (Wildman–Crippen LogP) is 2.22. The van der Waals surface area contributed by atoms with E-state index in [0.717, 1.165) is 16.8 Å². The highest BCUT2D eigenvalue weighted by Crippen LogP contribution is 2.20. The Hall–Kier alpha value is -1.63. The number of hydrogen-bond acceptors (Lipinski definition) is 3. The third-order valence-corrected chi connectivity index (χ3v) is 5.62. The first kappa shape index (κ1) is 17.7. The van der Waals surface area contributed by atoms with Crippen LogP contribution in [0.5, 0.6) is 0 Å². The lowest BCUT2D eigenvalue weighted by Crippen LogP contribution is -2.35. The third-order valence-electron chi connectivity index (χ3n) is 4.04. The summed E-state index contributed by atoms with van der Waals surface area (Å²) >= 11 is 0. The van der Waals surface area contributed by atoms with Gasteiger partial charge in [0.2, 0.25) is 10.0 Å². The lowest BCUT2D eigenvalue weighted by Gasteiger charge is -2.25. The number of aryl methyl sites for hydroxylation is 3. The highest BCUT2D eigenvalue weighted by molar-refractivity contribution is 7.89. The van der Waals surface area contributed by atoms with Crippen LogP contribution in [0.4, 0.5) is 0 Å². The number of aromatic nitrogens is 1. The van der Waals surface area contributed by atoms with Gasteiger partial charge in [-0.3, -0.25) is 4.90 Å². The summed E-state index contributed by atoms with van der Waals surface area (Å²) in [6, 6.07) is 9.31. The summed E-state index contributed by atoms with van der Waals surface area (Å²) in [6.45, 7) is 4.09. The summed E-state index contributed by atoms with van der Waals surface area (Å²) in [4.78, 5) is 2.35. The predicted molar refractivity (Wildman–Crippen MR) is 92.9 cm³/mol. The Labute approximate surface area is 139 Å². The molecule has 1 aromatic heterocycles. The number of nitrogens with zero attached hydrogens (tertiary/aromatic N) is 2. The Bertz CT molecular complexity index is 779. The molecule has 0 saturated heterocycles. The van der Waals surface area contributed by atoms with Crippen LogP contribution in [-0.2, 0) is 17.1 Å². The molecular weight excluding hydrogens is 310 g/mol. The first-order valence-electron chi connectivity index (χ1n) is 7.57. The molecule has 5 nitrogen and oxygen atoms in total. The van der Waals surface area contributed by atoms with Crippen molar-refractivity contribution in [3.63, 3.8) is 0 Å². The molecule has 0 aliphatic carbocycles. The van der Waals surface area contributed by atoms with Crippen molar-refractivity contribution >= 4 is 10.0 Å². The van der Waals surface area contributed by atoms with E-state index in [4.69, 9.17) is 0 Å². The Kier molecular flexibility index (Phi) is 5.29. The lowest BCUT2D eigenvalue weighted by molar-refractivity contribution is 0.289. The summed E-state index contributed by atoms with van der Waals surface area (Å²) in [5.41, 5.74) is 2.88. The summed E-state index contributed by atoms with van der Waals surface area (Å²) in [7, 11) is 2.33. The highest BCUT2D eigenvalue weighted by atomic mass is 32.2. The Morgan fingerprint density at radius 3 is 2.43 bits per heavy atom. The van der Waals surface area contributed by atoms with E-state index in [1.807, 2.05) is 74.9 Å². The van der Waals surface area contributed by atoms with Gasteiger partial charge in [0.15, 0.2) is 0 Å². The average Bonchev–Trinajstić information content (AvgIpc) is 2.84. The van der Waals surface area contributed by atoms with Gasteiger partial charge in [0.25, 0.3) is 0 Å². The van der Waals surface area contributed by atoms with Gasteiger partial charge in [0.05, 0.1) is 10.9 Å². The van der Waals surface area contributed by atoms with Crippen LogP contribution in [0.15, 0.2) is 41.4 Å². The van der Waals surface area contributed by atoms with Crippen molar-refractivity contribution in [2.75, 3.05) is 20.6 Å². The topological polar surface area (TPSA) is 54.3 Å². The fourth-order valence-corrected chi connectivity index (χ4v) is 4.00. The van der Waals surface area contributed by atoms with Gasteiger partial charge in [0.1, 0.15) is 0 Å². The molecule has 23 heavy (non-hydrogen) atoms. The van der Waals surface area contributed by atoms with Gasteiger partial charge >= 0.3 is 0 Å². The van der Waals surface area contributed by atoms with Crippen LogP contribution in [0.2, 0.25) is 0 Å². The van der Waals surface area contributed by atoms with Gasteiger partial charge in [-0.2, -0.15) is 0 Å². The van der Waals surface area contributed by atoms with Crippen molar-refractivity contribution in [3.8, 4) is 0 Å². The van der Waals surface area contributed by atoms with E-state index in [9.17, 15) is 8.42 Å². The maximum Gasteiger partial charge on any atom is 0.240 e. The normalized spacial score (nSPS) is 13.5. The molecule has 2 rings (SSSR count). The number of hydrogen-bond donors (Lipinski definition) is 1. The average molecular weight is 335 g/mol. The van der Waals surface area contributed by atoms with E-state index in [-0.39, 0.29) is 6.04 Å². The molecule has 0 aliphatic heterocycles. The maximum absolute atomic E-state index is 12.6. The molecule has 126 valence electrons. The van der Waals surface area contributed by atoms with Gasteiger partial charge < -0.3 is 4.57 Å². The smallest absolute Gasteiger partial charge is 0.240 e. The fraction of sp³-hybridized carbons (Fsp3) is 0.412. The van der Waals surface area contributed by atoms with Crippen molar-refractivity contribution in [2.45, 2.75) is 24.8 Å². The van der Waals surface area contributed by atoms with Gasteiger partial charge in [-0.25, -0.2) is 13.1 Å². The minimum Gasteiger partial charge on any atom is -0.353 e. The summed E-state index contributed by atoms with van der Waals surface area (Å²) in [5.74, 6) is 0. The number of nitrogens with one attached hydrogen (secondary N) is 1. The molecule has 0 saturated carbocycles. The minimum atomic E-state index is -3.53. The highest BCUT2D eigenvalue weighted by Gasteiger charge is 2.22. The zero-order valence-corrected chi connectivity index (χ0v) is 15.2. The molecule has 0 bridgehead atoms. The van der Waals surface area contributed by atoms with Gasteiger partial charge in [-0.1, -0.05) is 17.7 Å². The van der Waals surface area contributed by atoms with Crippen LogP contribution in [-0.4, -0.2) is 38.5 Å². The lowest BCUT2D eigenvalue weighted by atomic mass is 10.2. The molecule has 1 N–H and O–H groups in total. The summed E-state index contributed by atoms with van der Waals surface area (Å²) in [5, 5.41) is 0. The number of sulfonamides is 1. The number of rotatable bonds is 6. The second kappa shape index (κ2) is 6.86. The molecule has 2 aromatic rings. The second-order valence-corrected chi connectivity index (χ2v) is 7.88. The maximum atomic E-state index is 12.6.